The third-order valence-corrected chi connectivity index (χ3v) is 4.37. The van der Waals surface area contributed by atoms with Gasteiger partial charge in [-0.05, 0) is 61.7 Å². The SMILES string of the molecule is CC(C1CC1)(C1CC1)C1CC1. The zero-order chi connectivity index (χ0) is 7.47. The number of hydrogen-bond donors (Lipinski definition) is 0. The molecule has 0 aromatic heterocycles. The van der Waals surface area contributed by atoms with Crippen LogP contribution in [0, 0.1) is 23.2 Å². The van der Waals surface area contributed by atoms with Gasteiger partial charge in [0.05, 0.1) is 0 Å². The predicted molar refractivity (Wildman–Crippen MR) is 46.3 cm³/mol. The summed E-state index contributed by atoms with van der Waals surface area (Å²) in [5.74, 6) is 3.47. The molecule has 3 fully saturated rings. The first kappa shape index (κ1) is 6.51. The second-order valence-corrected chi connectivity index (χ2v) is 5.19. The van der Waals surface area contributed by atoms with E-state index in [9.17, 15) is 0 Å². The molecule has 0 amide bonds. The van der Waals surface area contributed by atoms with Gasteiger partial charge in [0, 0.05) is 0 Å². The molecule has 0 spiro atoms. The van der Waals surface area contributed by atoms with Crippen molar-refractivity contribution in [1.29, 1.82) is 0 Å². The smallest absolute Gasteiger partial charge is 0.0241 e. The molecule has 11 heavy (non-hydrogen) atoms. The van der Waals surface area contributed by atoms with E-state index in [4.69, 9.17) is 0 Å². The third-order valence-electron chi connectivity index (χ3n) is 4.37. The fraction of sp³-hybridized carbons (Fsp3) is 1.00. The van der Waals surface area contributed by atoms with Crippen LogP contribution in [0.15, 0.2) is 0 Å². The highest BCUT2D eigenvalue weighted by Gasteiger charge is 2.57. The van der Waals surface area contributed by atoms with Crippen molar-refractivity contribution in [2.75, 3.05) is 0 Å². The Kier molecular flexibility index (Phi) is 1.09. The van der Waals surface area contributed by atoms with Crippen molar-refractivity contribution >= 4 is 0 Å². The van der Waals surface area contributed by atoms with E-state index < -0.39 is 0 Å². The average Bonchev–Trinajstić information content (AvgIpc) is 2.81. The van der Waals surface area contributed by atoms with E-state index in [1.807, 2.05) is 0 Å². The Hall–Kier alpha value is 0. The summed E-state index contributed by atoms with van der Waals surface area (Å²) < 4.78 is 0. The summed E-state index contributed by atoms with van der Waals surface area (Å²) in [5, 5.41) is 0. The van der Waals surface area contributed by atoms with Gasteiger partial charge in [-0.15, -0.1) is 0 Å². The molecule has 0 unspecified atom stereocenters. The maximum atomic E-state index is 2.60. The van der Waals surface area contributed by atoms with Crippen LogP contribution in [0.4, 0.5) is 0 Å². The van der Waals surface area contributed by atoms with Crippen molar-refractivity contribution in [3.8, 4) is 0 Å². The minimum atomic E-state index is 0.833. The lowest BCUT2D eigenvalue weighted by atomic mass is 9.75. The van der Waals surface area contributed by atoms with Crippen LogP contribution in [-0.2, 0) is 0 Å². The van der Waals surface area contributed by atoms with Gasteiger partial charge in [0.1, 0.15) is 0 Å². The molecule has 3 saturated carbocycles. The predicted octanol–water partition coefficient (Wildman–Crippen LogP) is 3.22. The van der Waals surface area contributed by atoms with Crippen molar-refractivity contribution in [3.63, 3.8) is 0 Å². The molecule has 3 rings (SSSR count). The molecule has 0 heterocycles. The molecule has 0 saturated heterocycles. The van der Waals surface area contributed by atoms with Gasteiger partial charge in [0.2, 0.25) is 0 Å². The first-order valence-corrected chi connectivity index (χ1v) is 5.32. The topological polar surface area (TPSA) is 0 Å². The van der Waals surface area contributed by atoms with Crippen LogP contribution in [-0.4, -0.2) is 0 Å². The van der Waals surface area contributed by atoms with E-state index in [1.54, 1.807) is 38.5 Å². The summed E-state index contributed by atoms with van der Waals surface area (Å²) in [7, 11) is 0. The van der Waals surface area contributed by atoms with Crippen LogP contribution in [0.3, 0.4) is 0 Å². The molecule has 0 atom stereocenters. The lowest BCUT2D eigenvalue weighted by molar-refractivity contribution is 0.184. The molecular formula is C11H18. The summed E-state index contributed by atoms with van der Waals surface area (Å²) in [6.45, 7) is 2.60. The second kappa shape index (κ2) is 1.84. The van der Waals surface area contributed by atoms with Crippen LogP contribution in [0.2, 0.25) is 0 Å². The molecule has 0 N–H and O–H groups in total. The highest BCUT2D eigenvalue weighted by atomic mass is 14.6. The van der Waals surface area contributed by atoms with Gasteiger partial charge in [-0.2, -0.15) is 0 Å². The van der Waals surface area contributed by atoms with Crippen molar-refractivity contribution in [2.24, 2.45) is 23.2 Å². The van der Waals surface area contributed by atoms with Crippen LogP contribution >= 0.6 is 0 Å². The molecule has 0 aromatic rings. The number of rotatable bonds is 3. The fourth-order valence-corrected chi connectivity index (χ4v) is 3.12. The van der Waals surface area contributed by atoms with Crippen molar-refractivity contribution in [3.05, 3.63) is 0 Å². The maximum absolute atomic E-state index is 2.60. The quantitative estimate of drug-likeness (QED) is 0.579. The Labute approximate surface area is 69.4 Å². The Balaban J connectivity index is 1.82. The molecule has 62 valence electrons. The van der Waals surface area contributed by atoms with E-state index in [1.165, 1.54) is 0 Å². The van der Waals surface area contributed by atoms with Gasteiger partial charge in [0.25, 0.3) is 0 Å². The average molecular weight is 150 g/mol. The van der Waals surface area contributed by atoms with Crippen LogP contribution in [0.25, 0.3) is 0 Å². The summed E-state index contributed by atoms with van der Waals surface area (Å²) in [5.41, 5.74) is 0.833. The van der Waals surface area contributed by atoms with Crippen molar-refractivity contribution < 1.29 is 0 Å². The molecule has 0 aliphatic heterocycles. The van der Waals surface area contributed by atoms with Gasteiger partial charge < -0.3 is 0 Å². The van der Waals surface area contributed by atoms with E-state index >= 15 is 0 Å². The fourth-order valence-electron chi connectivity index (χ4n) is 3.12. The summed E-state index contributed by atoms with van der Waals surface area (Å²) in [6, 6.07) is 0. The summed E-state index contributed by atoms with van der Waals surface area (Å²) >= 11 is 0. The molecule has 0 heteroatoms. The monoisotopic (exact) mass is 150 g/mol. The minimum absolute atomic E-state index is 0.833. The lowest BCUT2D eigenvalue weighted by Gasteiger charge is -2.29. The molecule has 0 nitrogen and oxygen atoms in total. The molecule has 0 bridgehead atoms. The highest BCUT2D eigenvalue weighted by molar-refractivity contribution is 5.07. The molecule has 3 aliphatic carbocycles. The minimum Gasteiger partial charge on any atom is -0.0588 e. The largest absolute Gasteiger partial charge is 0.0588 e. The van der Waals surface area contributed by atoms with E-state index in [0.29, 0.717) is 0 Å². The van der Waals surface area contributed by atoms with Gasteiger partial charge in [0.15, 0.2) is 0 Å². The molecule has 0 aromatic carbocycles. The first-order chi connectivity index (χ1) is 5.32. The molecular weight excluding hydrogens is 132 g/mol. The van der Waals surface area contributed by atoms with E-state index in [2.05, 4.69) is 6.92 Å². The van der Waals surface area contributed by atoms with Gasteiger partial charge in [-0.1, -0.05) is 6.92 Å². The Morgan fingerprint density at radius 1 is 0.727 bits per heavy atom. The van der Waals surface area contributed by atoms with Crippen LogP contribution < -0.4 is 0 Å². The lowest BCUT2D eigenvalue weighted by Crippen LogP contribution is -2.24. The Morgan fingerprint density at radius 3 is 1.18 bits per heavy atom. The van der Waals surface area contributed by atoms with Gasteiger partial charge in [-0.25, -0.2) is 0 Å². The second-order valence-electron chi connectivity index (χ2n) is 5.19. The highest BCUT2D eigenvalue weighted by Crippen LogP contribution is 2.66. The van der Waals surface area contributed by atoms with Crippen molar-refractivity contribution in [2.45, 2.75) is 45.4 Å². The normalized spacial score (nSPS) is 32.5. The zero-order valence-electron chi connectivity index (χ0n) is 7.47. The maximum Gasteiger partial charge on any atom is -0.0241 e. The zero-order valence-corrected chi connectivity index (χ0v) is 7.47. The molecule has 0 radical (unpaired) electrons. The standard InChI is InChI=1S/C11H18/c1-11(8-2-3-8,9-4-5-9)10-6-7-10/h8-10H,2-7H2,1H3. The van der Waals surface area contributed by atoms with E-state index in [-0.39, 0.29) is 0 Å². The van der Waals surface area contributed by atoms with E-state index in [0.717, 1.165) is 23.2 Å². The Morgan fingerprint density at radius 2 is 1.00 bits per heavy atom. The summed E-state index contributed by atoms with van der Waals surface area (Å²) in [4.78, 5) is 0. The first-order valence-electron chi connectivity index (χ1n) is 5.32. The van der Waals surface area contributed by atoms with Crippen LogP contribution in [0.1, 0.15) is 45.4 Å². The Bertz CT molecular complexity index is 139. The third kappa shape index (κ3) is 0.878. The van der Waals surface area contributed by atoms with Gasteiger partial charge in [-0.3, -0.25) is 0 Å². The van der Waals surface area contributed by atoms with Crippen molar-refractivity contribution in [1.82, 2.24) is 0 Å². The molecule has 3 aliphatic rings. The van der Waals surface area contributed by atoms with Crippen LogP contribution in [0.5, 0.6) is 0 Å². The summed E-state index contributed by atoms with van der Waals surface area (Å²) in [6.07, 6.45) is 9.35. The van der Waals surface area contributed by atoms with Gasteiger partial charge >= 0.3 is 0 Å². The number of hydrogen-bond acceptors (Lipinski definition) is 0.